The molecule has 0 amide bonds. The average Bonchev–Trinajstić information content (AvgIpc) is 2.46. The van der Waals surface area contributed by atoms with Crippen molar-refractivity contribution in [1.82, 2.24) is 0 Å². The van der Waals surface area contributed by atoms with Crippen molar-refractivity contribution in [3.63, 3.8) is 0 Å². The van der Waals surface area contributed by atoms with Crippen LogP contribution >= 0.6 is 0 Å². The maximum atomic E-state index is 5.76. The molecule has 0 aliphatic rings. The standard InChI is InChI=1S/C15H37BOSi2/c1-8-18(6,9-2)14-12-16(17-5)13-15-19(7,10-3)11-4/h8-15H2,1-7H3. The molecule has 0 aliphatic carbocycles. The molecule has 0 spiro atoms. The Hall–Kier alpha value is 0.459. The van der Waals surface area contributed by atoms with Crippen molar-refractivity contribution >= 4 is 23.1 Å². The lowest BCUT2D eigenvalue weighted by Gasteiger charge is -2.28. The molecule has 0 saturated heterocycles. The molecule has 114 valence electrons. The molecule has 0 aliphatic heterocycles. The molecule has 0 bridgehead atoms. The molecule has 0 saturated carbocycles. The second kappa shape index (κ2) is 9.40. The molecule has 4 heteroatoms. The topological polar surface area (TPSA) is 9.23 Å². The molecule has 0 N–H and O–H groups in total. The van der Waals surface area contributed by atoms with Gasteiger partial charge in [-0.2, -0.15) is 0 Å². The molecule has 0 aromatic carbocycles. The second-order valence-corrected chi connectivity index (χ2v) is 18.0. The second-order valence-electron chi connectivity index (χ2n) is 6.97. The highest BCUT2D eigenvalue weighted by Crippen LogP contribution is 2.27. The normalized spacial score (nSPS) is 12.8. The van der Waals surface area contributed by atoms with Crippen LogP contribution in [0.1, 0.15) is 27.7 Å². The summed E-state index contributed by atoms with van der Waals surface area (Å²) in [5.41, 5.74) is 0. The van der Waals surface area contributed by atoms with Crippen molar-refractivity contribution in [1.29, 1.82) is 0 Å². The van der Waals surface area contributed by atoms with Gasteiger partial charge in [-0.25, -0.2) is 0 Å². The maximum Gasteiger partial charge on any atom is 0.292 e. The van der Waals surface area contributed by atoms with Crippen LogP contribution in [0.15, 0.2) is 0 Å². The highest BCUT2D eigenvalue weighted by atomic mass is 28.3. The Balaban J connectivity index is 4.22. The van der Waals surface area contributed by atoms with Crippen LogP contribution in [0.3, 0.4) is 0 Å². The maximum absolute atomic E-state index is 5.76. The highest BCUT2D eigenvalue weighted by Gasteiger charge is 2.28. The van der Waals surface area contributed by atoms with Gasteiger partial charge in [-0.1, -0.05) is 77.1 Å². The monoisotopic (exact) mass is 300 g/mol. The minimum Gasteiger partial charge on any atom is -0.439 e. The van der Waals surface area contributed by atoms with E-state index in [2.05, 4.69) is 40.8 Å². The van der Waals surface area contributed by atoms with Crippen molar-refractivity contribution in [3.05, 3.63) is 0 Å². The Morgan fingerprint density at radius 1 is 0.737 bits per heavy atom. The smallest absolute Gasteiger partial charge is 0.292 e. The summed E-state index contributed by atoms with van der Waals surface area (Å²) in [5, 5.41) is 0. The molecule has 0 heterocycles. The minimum atomic E-state index is -0.937. The van der Waals surface area contributed by atoms with Gasteiger partial charge in [0.25, 0.3) is 6.92 Å². The van der Waals surface area contributed by atoms with Crippen LogP contribution in [0.2, 0.25) is 62.0 Å². The summed E-state index contributed by atoms with van der Waals surface area (Å²) >= 11 is 0. The van der Waals surface area contributed by atoms with Crippen LogP contribution in [0.25, 0.3) is 0 Å². The van der Waals surface area contributed by atoms with E-state index in [4.69, 9.17) is 4.65 Å². The van der Waals surface area contributed by atoms with Gasteiger partial charge in [-0.3, -0.25) is 0 Å². The van der Waals surface area contributed by atoms with E-state index in [0.717, 1.165) is 0 Å². The van der Waals surface area contributed by atoms with E-state index in [1.54, 1.807) is 0 Å². The Bertz CT molecular complexity index is 206. The van der Waals surface area contributed by atoms with Gasteiger partial charge in [0.1, 0.15) is 0 Å². The molecule has 0 atom stereocenters. The van der Waals surface area contributed by atoms with Gasteiger partial charge in [0, 0.05) is 23.3 Å². The first kappa shape index (κ1) is 19.5. The summed E-state index contributed by atoms with van der Waals surface area (Å²) in [7, 11) is 0.0418. The quantitative estimate of drug-likeness (QED) is 0.434. The van der Waals surface area contributed by atoms with Crippen LogP contribution in [0, 0.1) is 0 Å². The fourth-order valence-electron chi connectivity index (χ4n) is 2.61. The van der Waals surface area contributed by atoms with Gasteiger partial charge in [0.2, 0.25) is 0 Å². The minimum absolute atomic E-state index is 0.523. The summed E-state index contributed by atoms with van der Waals surface area (Å²) in [5.74, 6) is 0. The summed E-state index contributed by atoms with van der Waals surface area (Å²) in [6, 6.07) is 8.61. The lowest BCUT2D eigenvalue weighted by Crippen LogP contribution is -2.32. The molecule has 0 rings (SSSR count). The van der Waals surface area contributed by atoms with Crippen molar-refractivity contribution in [2.45, 2.75) is 89.7 Å². The van der Waals surface area contributed by atoms with Crippen LogP contribution in [-0.2, 0) is 4.65 Å². The molecular formula is C15H37BOSi2. The summed E-state index contributed by atoms with van der Waals surface area (Å²) in [6.07, 6.45) is 2.61. The zero-order valence-corrected chi connectivity index (χ0v) is 16.6. The highest BCUT2D eigenvalue weighted by molar-refractivity contribution is 6.80. The van der Waals surface area contributed by atoms with E-state index >= 15 is 0 Å². The number of hydrogen-bond acceptors (Lipinski definition) is 1. The molecule has 0 unspecified atom stereocenters. The zero-order chi connectivity index (χ0) is 14.9. The Kier molecular flexibility index (Phi) is 9.63. The summed E-state index contributed by atoms with van der Waals surface area (Å²) in [4.78, 5) is 0. The molecule has 0 aromatic rings. The van der Waals surface area contributed by atoms with Gasteiger partial charge < -0.3 is 4.65 Å². The van der Waals surface area contributed by atoms with E-state index in [1.807, 2.05) is 7.11 Å². The lowest BCUT2D eigenvalue weighted by atomic mass is 9.62. The fourth-order valence-corrected chi connectivity index (χ4v) is 7.06. The van der Waals surface area contributed by atoms with Gasteiger partial charge in [-0.15, -0.1) is 0 Å². The summed E-state index contributed by atoms with van der Waals surface area (Å²) < 4.78 is 5.76. The van der Waals surface area contributed by atoms with Gasteiger partial charge in [0.05, 0.1) is 0 Å². The SMILES string of the molecule is CC[Si](C)(CC)CCB(CC[Si](C)(CC)CC)OC. The van der Waals surface area contributed by atoms with Gasteiger partial charge >= 0.3 is 0 Å². The number of rotatable bonds is 11. The third-order valence-corrected chi connectivity index (χ3v) is 15.7. The van der Waals surface area contributed by atoms with Crippen LogP contribution in [0.5, 0.6) is 0 Å². The molecule has 0 fully saturated rings. The van der Waals surface area contributed by atoms with E-state index in [1.165, 1.54) is 48.9 Å². The molecule has 0 aromatic heterocycles. The lowest BCUT2D eigenvalue weighted by molar-refractivity contribution is 0.419. The molecule has 0 radical (unpaired) electrons. The molecule has 1 nitrogen and oxygen atoms in total. The van der Waals surface area contributed by atoms with E-state index in [0.29, 0.717) is 6.92 Å². The van der Waals surface area contributed by atoms with Gasteiger partial charge in [-0.05, 0) is 12.6 Å². The van der Waals surface area contributed by atoms with E-state index in [9.17, 15) is 0 Å². The first-order valence-electron chi connectivity index (χ1n) is 8.41. The van der Waals surface area contributed by atoms with E-state index < -0.39 is 16.1 Å². The Morgan fingerprint density at radius 2 is 1.05 bits per heavy atom. The van der Waals surface area contributed by atoms with Crippen molar-refractivity contribution < 1.29 is 4.65 Å². The predicted molar refractivity (Wildman–Crippen MR) is 97.2 cm³/mol. The van der Waals surface area contributed by atoms with Crippen molar-refractivity contribution in [2.24, 2.45) is 0 Å². The molecular weight excluding hydrogens is 263 g/mol. The van der Waals surface area contributed by atoms with Gasteiger partial charge in [0.15, 0.2) is 0 Å². The largest absolute Gasteiger partial charge is 0.439 e. The first-order chi connectivity index (χ1) is 8.88. The predicted octanol–water partition coefficient (Wildman–Crippen LogP) is 5.86. The Morgan fingerprint density at radius 3 is 1.26 bits per heavy atom. The third kappa shape index (κ3) is 7.14. The van der Waals surface area contributed by atoms with Crippen LogP contribution < -0.4 is 0 Å². The Labute approximate surface area is 125 Å². The molecule has 19 heavy (non-hydrogen) atoms. The van der Waals surface area contributed by atoms with Crippen molar-refractivity contribution in [2.75, 3.05) is 7.11 Å². The third-order valence-electron chi connectivity index (χ3n) is 5.89. The zero-order valence-electron chi connectivity index (χ0n) is 14.6. The van der Waals surface area contributed by atoms with Crippen molar-refractivity contribution in [3.8, 4) is 0 Å². The van der Waals surface area contributed by atoms with Crippen LogP contribution in [-0.4, -0.2) is 30.2 Å². The van der Waals surface area contributed by atoms with Crippen LogP contribution in [0.4, 0.5) is 0 Å². The average molecular weight is 300 g/mol. The number of hydrogen-bond donors (Lipinski definition) is 0. The fraction of sp³-hybridized carbons (Fsp3) is 1.00. The van der Waals surface area contributed by atoms with E-state index in [-0.39, 0.29) is 0 Å². The summed E-state index contributed by atoms with van der Waals surface area (Å²) in [6.45, 7) is 15.2. The first-order valence-corrected chi connectivity index (χ1v) is 14.7.